The van der Waals surface area contributed by atoms with Crippen LogP contribution in [0.25, 0.3) is 21.8 Å². The predicted octanol–water partition coefficient (Wildman–Crippen LogP) is 4.73. The van der Waals surface area contributed by atoms with Crippen molar-refractivity contribution in [1.29, 1.82) is 0 Å². The number of fused-ring (bicyclic) bond motifs is 2. The number of aromatic amines is 2. The van der Waals surface area contributed by atoms with Gasteiger partial charge in [-0.05, 0) is 60.7 Å². The van der Waals surface area contributed by atoms with Crippen LogP contribution in [0.1, 0.15) is 0 Å². The molecule has 0 saturated carbocycles. The highest BCUT2D eigenvalue weighted by atomic mass is 32.2. The highest BCUT2D eigenvalue weighted by Crippen LogP contribution is 2.21. The quantitative estimate of drug-likeness (QED) is 0.237. The van der Waals surface area contributed by atoms with Crippen molar-refractivity contribution in [3.8, 4) is 0 Å². The lowest BCUT2D eigenvalue weighted by atomic mass is 10.2. The molecule has 0 bridgehead atoms. The molecule has 38 heavy (non-hydrogen) atoms. The van der Waals surface area contributed by atoms with Gasteiger partial charge in [-0.3, -0.25) is 19.6 Å². The van der Waals surface area contributed by atoms with Crippen LogP contribution in [0, 0.1) is 0 Å². The summed E-state index contributed by atoms with van der Waals surface area (Å²) < 4.78 is 53.7. The third-order valence-electron chi connectivity index (χ3n) is 5.49. The number of hydrogen-bond acceptors (Lipinski definition) is 6. The van der Waals surface area contributed by atoms with Crippen LogP contribution in [-0.4, -0.2) is 37.2 Å². The summed E-state index contributed by atoms with van der Waals surface area (Å²) >= 11 is 0. The molecular formula is C26H22N6O4S2. The standard InChI is InChI=1S/2C13H11N3O2S/c2*17-19(18,12-4-2-1-3-5-12)16-11-6-7-13-10(8-11)9-14-15-13/h2*1-9,16H,(H,14,15). The Morgan fingerprint density at radius 2 is 0.921 bits per heavy atom. The van der Waals surface area contributed by atoms with Gasteiger partial charge in [-0.1, -0.05) is 36.4 Å². The fraction of sp³-hybridized carbons (Fsp3) is 0. The van der Waals surface area contributed by atoms with E-state index in [1.807, 2.05) is 0 Å². The second-order valence-electron chi connectivity index (χ2n) is 8.18. The smallest absolute Gasteiger partial charge is 0.261 e. The minimum atomic E-state index is -3.55. The Kier molecular flexibility index (Phi) is 6.81. The number of hydrogen-bond donors (Lipinski definition) is 4. The van der Waals surface area contributed by atoms with E-state index < -0.39 is 20.0 Å². The normalized spacial score (nSPS) is 11.6. The van der Waals surface area contributed by atoms with Crippen LogP contribution in [0.3, 0.4) is 0 Å². The Morgan fingerprint density at radius 3 is 1.32 bits per heavy atom. The molecule has 0 spiro atoms. The summed E-state index contributed by atoms with van der Waals surface area (Å²) in [7, 11) is -7.09. The molecule has 192 valence electrons. The average Bonchev–Trinajstić information content (AvgIpc) is 3.58. The molecule has 4 aromatic carbocycles. The van der Waals surface area contributed by atoms with Crippen molar-refractivity contribution in [1.82, 2.24) is 20.4 Å². The van der Waals surface area contributed by atoms with E-state index in [1.165, 1.54) is 0 Å². The van der Waals surface area contributed by atoms with Crippen molar-refractivity contribution in [2.45, 2.75) is 9.79 Å². The Bertz CT molecular complexity index is 1760. The van der Waals surface area contributed by atoms with Gasteiger partial charge < -0.3 is 0 Å². The van der Waals surface area contributed by atoms with E-state index in [0.717, 1.165) is 21.8 Å². The first-order valence-electron chi connectivity index (χ1n) is 11.3. The first-order chi connectivity index (χ1) is 18.3. The van der Waals surface area contributed by atoms with Crippen LogP contribution in [-0.2, 0) is 20.0 Å². The lowest BCUT2D eigenvalue weighted by Gasteiger charge is -2.07. The lowest BCUT2D eigenvalue weighted by Crippen LogP contribution is -2.12. The first kappa shape index (κ1) is 25.0. The van der Waals surface area contributed by atoms with Crippen molar-refractivity contribution < 1.29 is 16.8 Å². The van der Waals surface area contributed by atoms with E-state index in [9.17, 15) is 16.8 Å². The van der Waals surface area contributed by atoms with Gasteiger partial charge in [0, 0.05) is 22.1 Å². The molecule has 2 aromatic heterocycles. The second kappa shape index (κ2) is 10.4. The molecule has 6 rings (SSSR count). The zero-order chi connectivity index (χ0) is 26.6. The van der Waals surface area contributed by atoms with E-state index in [4.69, 9.17) is 0 Å². The van der Waals surface area contributed by atoms with Crippen LogP contribution < -0.4 is 9.44 Å². The van der Waals surface area contributed by atoms with Gasteiger partial charge in [-0.15, -0.1) is 0 Å². The van der Waals surface area contributed by atoms with E-state index in [0.29, 0.717) is 11.4 Å². The number of sulfonamides is 2. The minimum Gasteiger partial charge on any atom is -0.280 e. The third-order valence-corrected chi connectivity index (χ3v) is 8.29. The fourth-order valence-electron chi connectivity index (χ4n) is 3.64. The summed E-state index contributed by atoms with van der Waals surface area (Å²) in [4.78, 5) is 0.476. The van der Waals surface area contributed by atoms with Crippen molar-refractivity contribution in [3.05, 3.63) is 109 Å². The third kappa shape index (κ3) is 5.66. The monoisotopic (exact) mass is 546 g/mol. The highest BCUT2D eigenvalue weighted by molar-refractivity contribution is 7.93. The summed E-state index contributed by atoms with van der Waals surface area (Å²) in [5, 5.41) is 15.1. The molecule has 0 fully saturated rings. The van der Waals surface area contributed by atoms with Gasteiger partial charge in [0.25, 0.3) is 20.0 Å². The molecule has 0 atom stereocenters. The zero-order valence-corrected chi connectivity index (χ0v) is 21.4. The van der Waals surface area contributed by atoms with Gasteiger partial charge in [0.1, 0.15) is 0 Å². The van der Waals surface area contributed by atoms with Crippen LogP contribution in [0.5, 0.6) is 0 Å². The van der Waals surface area contributed by atoms with E-state index in [-0.39, 0.29) is 9.79 Å². The summed E-state index contributed by atoms with van der Waals surface area (Å²) in [6.45, 7) is 0. The van der Waals surface area contributed by atoms with Gasteiger partial charge in [-0.2, -0.15) is 10.2 Å². The average molecular weight is 547 g/mol. The fourth-order valence-corrected chi connectivity index (χ4v) is 5.78. The van der Waals surface area contributed by atoms with Crippen LogP contribution >= 0.6 is 0 Å². The molecule has 0 aliphatic carbocycles. The maximum Gasteiger partial charge on any atom is 0.261 e. The number of nitrogens with one attached hydrogen (secondary N) is 4. The number of aromatic nitrogens is 4. The minimum absolute atomic E-state index is 0.238. The number of anilines is 2. The van der Waals surface area contributed by atoms with Gasteiger partial charge in [0.15, 0.2) is 0 Å². The SMILES string of the molecule is O=S(=O)(Nc1ccc2[nH]ncc2c1)c1ccccc1.O=S(=O)(Nc1ccc2[nH]ncc2c1)c1ccccc1. The molecule has 0 amide bonds. The maximum atomic E-state index is 12.1. The number of nitrogens with zero attached hydrogens (tertiary/aromatic N) is 2. The Balaban J connectivity index is 0.000000155. The summed E-state index contributed by atoms with van der Waals surface area (Å²) in [6, 6.07) is 26.9. The Morgan fingerprint density at radius 1 is 0.526 bits per heavy atom. The van der Waals surface area contributed by atoms with Crippen molar-refractivity contribution in [3.63, 3.8) is 0 Å². The largest absolute Gasteiger partial charge is 0.280 e. The molecule has 0 aliphatic heterocycles. The van der Waals surface area contributed by atoms with E-state index in [1.54, 1.807) is 109 Å². The number of rotatable bonds is 6. The van der Waals surface area contributed by atoms with Crippen molar-refractivity contribution in [2.24, 2.45) is 0 Å². The molecular weight excluding hydrogens is 524 g/mol. The van der Waals surface area contributed by atoms with Crippen LogP contribution in [0.4, 0.5) is 11.4 Å². The molecule has 0 saturated heterocycles. The molecule has 6 aromatic rings. The molecule has 2 heterocycles. The van der Waals surface area contributed by atoms with Crippen molar-refractivity contribution in [2.75, 3.05) is 9.44 Å². The van der Waals surface area contributed by atoms with Crippen LogP contribution in [0.2, 0.25) is 0 Å². The molecule has 4 N–H and O–H groups in total. The molecule has 10 nitrogen and oxygen atoms in total. The van der Waals surface area contributed by atoms with E-state index >= 15 is 0 Å². The van der Waals surface area contributed by atoms with Gasteiger partial charge in [0.2, 0.25) is 0 Å². The Labute approximate surface area is 218 Å². The second-order valence-corrected chi connectivity index (χ2v) is 11.5. The zero-order valence-electron chi connectivity index (χ0n) is 19.7. The number of H-pyrrole nitrogens is 2. The first-order valence-corrected chi connectivity index (χ1v) is 14.3. The molecule has 0 aliphatic rings. The topological polar surface area (TPSA) is 150 Å². The summed E-state index contributed by atoms with van der Waals surface area (Å²) in [5.74, 6) is 0. The molecule has 0 radical (unpaired) electrons. The maximum absolute atomic E-state index is 12.1. The molecule has 0 unspecified atom stereocenters. The molecule has 12 heteroatoms. The van der Waals surface area contributed by atoms with Gasteiger partial charge in [-0.25, -0.2) is 16.8 Å². The van der Waals surface area contributed by atoms with Gasteiger partial charge >= 0.3 is 0 Å². The summed E-state index contributed by atoms with van der Waals surface area (Å²) in [5.41, 5.74) is 2.75. The predicted molar refractivity (Wildman–Crippen MR) is 147 cm³/mol. The van der Waals surface area contributed by atoms with E-state index in [2.05, 4.69) is 29.8 Å². The van der Waals surface area contributed by atoms with Gasteiger partial charge in [0.05, 0.1) is 33.2 Å². The Hall–Kier alpha value is -4.68. The van der Waals surface area contributed by atoms with Crippen LogP contribution in [0.15, 0.2) is 119 Å². The number of benzene rings is 4. The van der Waals surface area contributed by atoms with Crippen molar-refractivity contribution >= 4 is 53.2 Å². The summed E-state index contributed by atoms with van der Waals surface area (Å²) in [6.07, 6.45) is 3.30. The highest BCUT2D eigenvalue weighted by Gasteiger charge is 2.14. The lowest BCUT2D eigenvalue weighted by molar-refractivity contribution is 0.599.